The van der Waals surface area contributed by atoms with Gasteiger partial charge >= 0.3 is 142 Å². The van der Waals surface area contributed by atoms with Gasteiger partial charge in [0.1, 0.15) is 0 Å². The molecule has 0 saturated carbocycles. The Kier molecular flexibility index (Phi) is 51.0. The van der Waals surface area contributed by atoms with Crippen molar-refractivity contribution in [2.45, 2.75) is 126 Å². The molecular formula is C24H48O8PbTi. The Morgan fingerprint density at radius 3 is 0.676 bits per heavy atom. The summed E-state index contributed by atoms with van der Waals surface area (Å²) in [5.41, 5.74) is 0. The summed E-state index contributed by atoms with van der Waals surface area (Å²) in [7, 11) is 0. The van der Waals surface area contributed by atoms with Crippen LogP contribution in [-0.2, 0) is 35.8 Å². The average Bonchev–Trinajstić information content (AvgIpc) is 2.65. The molecule has 0 atom stereocenters. The van der Waals surface area contributed by atoms with Crippen molar-refractivity contribution in [3.8, 4) is 0 Å². The first kappa shape index (κ1) is 46.8. The molecule has 0 radical (unpaired) electrons. The zero-order valence-corrected chi connectivity index (χ0v) is 28.2. The Balaban J connectivity index is -0.0000000939. The van der Waals surface area contributed by atoms with Gasteiger partial charge in [-0.05, 0) is 27.7 Å². The van der Waals surface area contributed by atoms with Crippen molar-refractivity contribution in [2.75, 3.05) is 0 Å². The molecule has 0 aromatic heterocycles. The molecule has 0 aliphatic rings. The third-order valence-corrected chi connectivity index (χ3v) is 13.1. The molecule has 0 amide bonds. The summed E-state index contributed by atoms with van der Waals surface area (Å²) in [5.74, 6) is -4.33. The second-order valence-corrected chi connectivity index (χ2v) is 15.7. The van der Waals surface area contributed by atoms with Gasteiger partial charge in [0.15, 0.2) is 0 Å². The molecule has 0 aliphatic carbocycles. The molecule has 0 bridgehead atoms. The minimum Gasteiger partial charge on any atom is 4.00 e. The number of unbranched alkanes of at least 4 members (excludes halogenated alkanes) is 4. The van der Waals surface area contributed by atoms with Crippen LogP contribution in [-0.4, -0.2) is 51.2 Å². The van der Waals surface area contributed by atoms with Gasteiger partial charge in [0.2, 0.25) is 0 Å². The van der Waals surface area contributed by atoms with E-state index in [1.165, 1.54) is 51.4 Å². The van der Waals surface area contributed by atoms with Crippen molar-refractivity contribution < 1.29 is 56.2 Å². The quantitative estimate of drug-likeness (QED) is 0.276. The van der Waals surface area contributed by atoms with Crippen molar-refractivity contribution in [3.05, 3.63) is 0 Å². The number of rotatable bonds is 12. The molecule has 0 aromatic rings. The molecule has 0 aliphatic heterocycles. The molecule has 0 heterocycles. The summed E-state index contributed by atoms with van der Waals surface area (Å²) in [6.07, 6.45) is 11.8. The normalized spacial score (nSPS) is 8.94. The molecule has 0 unspecified atom stereocenters. The molecule has 0 saturated heterocycles. The van der Waals surface area contributed by atoms with Gasteiger partial charge in [0, 0.05) is 23.9 Å². The van der Waals surface area contributed by atoms with Gasteiger partial charge in [-0.2, -0.15) is 0 Å². The van der Waals surface area contributed by atoms with Crippen molar-refractivity contribution >= 4 is 51.2 Å². The Hall–Kier alpha value is -0.484. The van der Waals surface area contributed by atoms with E-state index in [2.05, 4.69) is 27.7 Å². The number of carboxylic acids is 4. The van der Waals surface area contributed by atoms with Crippen molar-refractivity contribution in [1.29, 1.82) is 0 Å². The fourth-order valence-electron chi connectivity index (χ4n) is 2.96. The first-order chi connectivity index (χ1) is 15.2. The van der Waals surface area contributed by atoms with Gasteiger partial charge in [-0.3, -0.25) is 0 Å². The second-order valence-electron chi connectivity index (χ2n) is 7.88. The molecule has 0 spiro atoms. The van der Waals surface area contributed by atoms with Crippen LogP contribution in [0.3, 0.4) is 0 Å². The first-order valence-corrected chi connectivity index (χ1v) is 16.3. The molecule has 34 heavy (non-hydrogen) atoms. The van der Waals surface area contributed by atoms with Crippen LogP contribution in [0.4, 0.5) is 0 Å². The van der Waals surface area contributed by atoms with E-state index >= 15 is 0 Å². The van der Waals surface area contributed by atoms with Crippen LogP contribution in [0.25, 0.3) is 0 Å². The van der Waals surface area contributed by atoms with E-state index in [9.17, 15) is 0 Å². The largest absolute Gasteiger partial charge is 4.00 e. The fourth-order valence-corrected chi connectivity index (χ4v) is 12.2. The van der Waals surface area contributed by atoms with Gasteiger partial charge in [-0.1, -0.05) is 0 Å². The summed E-state index contributed by atoms with van der Waals surface area (Å²) in [6, 6.07) is 0. The van der Waals surface area contributed by atoms with E-state index < -0.39 is 40.5 Å². The maximum Gasteiger partial charge on any atom is 4.00 e. The van der Waals surface area contributed by atoms with Crippen molar-refractivity contribution in [2.24, 2.45) is 0 Å². The molecule has 0 rings (SSSR count). The summed E-state index contributed by atoms with van der Waals surface area (Å²) < 4.78 is 6.71. The summed E-state index contributed by atoms with van der Waals surface area (Å²) in [5, 5.41) is 35.6. The van der Waals surface area contributed by atoms with Gasteiger partial charge in [-0.15, -0.1) is 0 Å². The van der Waals surface area contributed by atoms with Crippen LogP contribution in [0.5, 0.6) is 0 Å². The summed E-state index contributed by atoms with van der Waals surface area (Å²) >= 11 is -1.43. The topological polar surface area (TPSA) is 161 Å². The maximum absolute atomic E-state index is 8.89. The summed E-state index contributed by atoms with van der Waals surface area (Å²) in [6.45, 7) is 13.4. The zero-order valence-electron chi connectivity index (χ0n) is 22.8. The maximum atomic E-state index is 8.89. The smallest absolute Gasteiger partial charge is 4.00 e. The van der Waals surface area contributed by atoms with Crippen LogP contribution in [0.15, 0.2) is 0 Å². The molecule has 10 heteroatoms. The van der Waals surface area contributed by atoms with Gasteiger partial charge in [0.25, 0.3) is 0 Å². The van der Waals surface area contributed by atoms with E-state index in [0.717, 1.165) is 27.7 Å². The van der Waals surface area contributed by atoms with E-state index in [-0.39, 0.29) is 27.3 Å². The Labute approximate surface area is 231 Å². The summed E-state index contributed by atoms with van der Waals surface area (Å²) in [4.78, 5) is 35.6. The van der Waals surface area contributed by atoms with Gasteiger partial charge in [0.05, 0.1) is 0 Å². The number of carbonyl (C=O) groups excluding carboxylic acids is 4. The third-order valence-electron chi connectivity index (χ3n) is 4.24. The molecule has 0 N–H and O–H groups in total. The number of carbonyl (C=O) groups is 4. The zero-order chi connectivity index (χ0) is 27.3. The first-order valence-electron chi connectivity index (χ1n) is 11.9. The minimum absolute atomic E-state index is 0. The molecular weight excluding hydrogens is 671 g/mol. The SMILES string of the molecule is CC(=O)[O-].CC(=O)[O-].CC(=O)[O-].CC(=O)[O-].CCC[CH2][Ti]([CH2]CCC)([CH2]CCC)[CH2]CCC.[Pb+4]. The number of hydrogen-bond donors (Lipinski definition) is 0. The predicted octanol–water partition coefficient (Wildman–Crippen LogP) is 1.66. The van der Waals surface area contributed by atoms with E-state index in [0.29, 0.717) is 0 Å². The van der Waals surface area contributed by atoms with Crippen LogP contribution in [0.2, 0.25) is 18.9 Å². The number of carboxylic acid groups (broad SMARTS) is 4. The number of hydrogen-bond acceptors (Lipinski definition) is 8. The standard InChI is InChI=1S/4C4H9.4C2H4O2.Pb.Ti/c4*1-3-4-2;4*1-2(3)4;;/h4*1,3-4H2,2H3;4*1H3,(H,3,4);;/q;;;;;;;;+4;/p-4. The average molecular weight is 720 g/mol. The molecule has 0 aromatic carbocycles. The molecule has 0 fully saturated rings. The van der Waals surface area contributed by atoms with Crippen LogP contribution < -0.4 is 20.4 Å². The third kappa shape index (κ3) is 77.1. The Morgan fingerprint density at radius 2 is 0.588 bits per heavy atom. The van der Waals surface area contributed by atoms with Crippen molar-refractivity contribution in [1.82, 2.24) is 0 Å². The second kappa shape index (κ2) is 37.1. The Morgan fingerprint density at radius 1 is 0.471 bits per heavy atom. The van der Waals surface area contributed by atoms with Gasteiger partial charge in [-0.25, -0.2) is 0 Å². The van der Waals surface area contributed by atoms with E-state index in [4.69, 9.17) is 39.6 Å². The van der Waals surface area contributed by atoms with Crippen molar-refractivity contribution in [3.63, 3.8) is 0 Å². The van der Waals surface area contributed by atoms with E-state index in [1.54, 1.807) is 18.9 Å². The van der Waals surface area contributed by atoms with Crippen LogP contribution >= 0.6 is 0 Å². The van der Waals surface area contributed by atoms with Crippen LogP contribution in [0.1, 0.15) is 107 Å². The van der Waals surface area contributed by atoms with Crippen LogP contribution in [0, 0.1) is 0 Å². The molecule has 200 valence electrons. The predicted molar refractivity (Wildman–Crippen MR) is 127 cm³/mol. The fraction of sp³-hybridized carbons (Fsp3) is 0.833. The van der Waals surface area contributed by atoms with E-state index in [1.807, 2.05) is 0 Å². The molecule has 8 nitrogen and oxygen atoms in total. The minimum atomic E-state index is -1.43. The Bertz CT molecular complexity index is 372. The number of aliphatic carboxylic acids is 4. The van der Waals surface area contributed by atoms with Gasteiger partial charge < -0.3 is 39.6 Å². The monoisotopic (exact) mass is 720 g/mol.